The van der Waals surface area contributed by atoms with Gasteiger partial charge in [-0.15, -0.1) is 0 Å². The minimum absolute atomic E-state index is 0.114. The largest absolute Gasteiger partial charge is 0.491 e. The number of rotatable bonds is 6. The molecule has 0 radical (unpaired) electrons. The van der Waals surface area contributed by atoms with Crippen molar-refractivity contribution in [3.05, 3.63) is 65.2 Å². The van der Waals surface area contributed by atoms with Gasteiger partial charge in [0.25, 0.3) is 0 Å². The topological polar surface area (TPSA) is 26.3 Å². The number of carbonyl (C=O) groups is 1. The summed E-state index contributed by atoms with van der Waals surface area (Å²) in [5.74, 6) is 0.913. The van der Waals surface area contributed by atoms with Crippen molar-refractivity contribution in [3.63, 3.8) is 0 Å². The first-order valence-corrected chi connectivity index (χ1v) is 7.40. The summed E-state index contributed by atoms with van der Waals surface area (Å²) in [6.45, 7) is 6.02. The molecule has 2 aromatic carbocycles. The van der Waals surface area contributed by atoms with Crippen molar-refractivity contribution in [2.24, 2.45) is 0 Å². The molecular weight excluding hydrogens is 260 g/mol. The first kappa shape index (κ1) is 15.3. The van der Waals surface area contributed by atoms with E-state index < -0.39 is 0 Å². The van der Waals surface area contributed by atoms with E-state index in [1.54, 1.807) is 0 Å². The minimum Gasteiger partial charge on any atom is -0.491 e. The van der Waals surface area contributed by atoms with Crippen LogP contribution in [0.5, 0.6) is 5.75 Å². The van der Waals surface area contributed by atoms with E-state index in [1.807, 2.05) is 38.1 Å². The van der Waals surface area contributed by atoms with Crippen LogP contribution in [0, 0.1) is 6.92 Å². The van der Waals surface area contributed by atoms with E-state index in [2.05, 4.69) is 31.2 Å². The number of hydrogen-bond acceptors (Lipinski definition) is 2. The molecule has 0 aliphatic heterocycles. The first-order chi connectivity index (χ1) is 10.0. The molecular formula is C19H22O2. The van der Waals surface area contributed by atoms with Gasteiger partial charge < -0.3 is 4.74 Å². The van der Waals surface area contributed by atoms with Crippen LogP contribution in [0.4, 0.5) is 0 Å². The molecule has 0 spiro atoms. The van der Waals surface area contributed by atoms with Crippen LogP contribution in [0.1, 0.15) is 41.8 Å². The Morgan fingerprint density at radius 3 is 2.48 bits per heavy atom. The maximum Gasteiger partial charge on any atom is 0.163 e. The molecule has 0 heterocycles. The highest BCUT2D eigenvalue weighted by atomic mass is 16.5. The predicted octanol–water partition coefficient (Wildman–Crippen LogP) is 4.60. The quantitative estimate of drug-likeness (QED) is 0.724. The summed E-state index contributed by atoms with van der Waals surface area (Å²) in [6.07, 6.45) is 1.41. The monoisotopic (exact) mass is 282 g/mol. The Bertz CT molecular complexity index is 597. The average molecular weight is 282 g/mol. The van der Waals surface area contributed by atoms with Crippen LogP contribution in [-0.4, -0.2) is 11.9 Å². The summed E-state index contributed by atoms with van der Waals surface area (Å²) in [6, 6.07) is 15.8. The van der Waals surface area contributed by atoms with Gasteiger partial charge in [-0.3, -0.25) is 4.79 Å². The molecule has 0 atom stereocenters. The minimum atomic E-state index is 0.114. The van der Waals surface area contributed by atoms with E-state index in [-0.39, 0.29) is 11.9 Å². The number of hydrogen-bond donors (Lipinski definition) is 0. The fourth-order valence-electron chi connectivity index (χ4n) is 2.17. The second-order valence-corrected chi connectivity index (χ2v) is 5.60. The smallest absolute Gasteiger partial charge is 0.163 e. The molecule has 0 amide bonds. The van der Waals surface area contributed by atoms with E-state index >= 15 is 0 Å². The van der Waals surface area contributed by atoms with Crippen molar-refractivity contribution in [2.45, 2.75) is 39.7 Å². The van der Waals surface area contributed by atoms with E-state index in [0.29, 0.717) is 6.42 Å². The molecule has 0 bridgehead atoms. The molecule has 0 unspecified atom stereocenters. The van der Waals surface area contributed by atoms with Crippen molar-refractivity contribution >= 4 is 5.78 Å². The summed E-state index contributed by atoms with van der Waals surface area (Å²) >= 11 is 0. The summed E-state index contributed by atoms with van der Waals surface area (Å²) in [5.41, 5.74) is 3.16. The Kier molecular flexibility index (Phi) is 5.15. The van der Waals surface area contributed by atoms with Crippen LogP contribution < -0.4 is 4.74 Å². The maximum atomic E-state index is 12.3. The van der Waals surface area contributed by atoms with Gasteiger partial charge in [-0.2, -0.15) is 0 Å². The Balaban J connectivity index is 1.98. The molecule has 2 aromatic rings. The molecule has 2 heteroatoms. The lowest BCUT2D eigenvalue weighted by Crippen LogP contribution is -2.07. The SMILES string of the molecule is Cc1ccc(CCC(=O)c2cccc(OC(C)C)c2)cc1. The van der Waals surface area contributed by atoms with Crippen molar-refractivity contribution < 1.29 is 9.53 Å². The zero-order valence-corrected chi connectivity index (χ0v) is 12.9. The zero-order chi connectivity index (χ0) is 15.2. The molecule has 0 aliphatic rings. The molecule has 2 nitrogen and oxygen atoms in total. The number of aryl methyl sites for hydroxylation is 2. The van der Waals surface area contributed by atoms with Gasteiger partial charge in [-0.25, -0.2) is 0 Å². The van der Waals surface area contributed by atoms with E-state index in [4.69, 9.17) is 4.74 Å². The van der Waals surface area contributed by atoms with Crippen LogP contribution in [0.3, 0.4) is 0 Å². The maximum absolute atomic E-state index is 12.3. The highest BCUT2D eigenvalue weighted by Crippen LogP contribution is 2.17. The molecule has 2 rings (SSSR count). The third-order valence-corrected chi connectivity index (χ3v) is 3.29. The van der Waals surface area contributed by atoms with Crippen LogP contribution in [0.25, 0.3) is 0 Å². The molecule has 0 fully saturated rings. The highest BCUT2D eigenvalue weighted by molar-refractivity contribution is 5.96. The number of Topliss-reactive ketones (excluding diaryl/α,β-unsaturated/α-hetero) is 1. The van der Waals surface area contributed by atoms with Gasteiger partial charge in [-0.1, -0.05) is 42.0 Å². The lowest BCUT2D eigenvalue weighted by molar-refractivity contribution is 0.0982. The summed E-state index contributed by atoms with van der Waals surface area (Å²) in [4.78, 5) is 12.3. The summed E-state index contributed by atoms with van der Waals surface area (Å²) in [7, 11) is 0. The lowest BCUT2D eigenvalue weighted by Gasteiger charge is -2.10. The van der Waals surface area contributed by atoms with Gasteiger partial charge in [0.05, 0.1) is 6.10 Å². The molecule has 21 heavy (non-hydrogen) atoms. The molecule has 0 aromatic heterocycles. The third kappa shape index (κ3) is 4.75. The third-order valence-electron chi connectivity index (χ3n) is 3.29. The van der Waals surface area contributed by atoms with E-state index in [9.17, 15) is 4.79 Å². The Morgan fingerprint density at radius 2 is 1.81 bits per heavy atom. The number of ketones is 1. The van der Waals surface area contributed by atoms with Gasteiger partial charge in [0.2, 0.25) is 0 Å². The highest BCUT2D eigenvalue weighted by Gasteiger charge is 2.08. The molecule has 0 saturated heterocycles. The lowest BCUT2D eigenvalue weighted by atomic mass is 10.0. The molecule has 0 saturated carbocycles. The normalized spacial score (nSPS) is 10.7. The van der Waals surface area contributed by atoms with Gasteiger partial charge in [0.15, 0.2) is 5.78 Å². The van der Waals surface area contributed by atoms with Crippen LogP contribution >= 0.6 is 0 Å². The standard InChI is InChI=1S/C19H22O2/c1-14(2)21-18-6-4-5-17(13-18)19(20)12-11-16-9-7-15(3)8-10-16/h4-10,13-14H,11-12H2,1-3H3. The summed E-state index contributed by atoms with van der Waals surface area (Å²) in [5, 5.41) is 0. The van der Waals surface area contributed by atoms with Crippen molar-refractivity contribution in [3.8, 4) is 5.75 Å². The predicted molar refractivity (Wildman–Crippen MR) is 86.0 cm³/mol. The van der Waals surface area contributed by atoms with Crippen molar-refractivity contribution in [1.82, 2.24) is 0 Å². The fraction of sp³-hybridized carbons (Fsp3) is 0.316. The molecule has 0 N–H and O–H groups in total. The second-order valence-electron chi connectivity index (χ2n) is 5.60. The van der Waals surface area contributed by atoms with Crippen LogP contribution in [0.15, 0.2) is 48.5 Å². The average Bonchev–Trinajstić information content (AvgIpc) is 2.46. The Morgan fingerprint density at radius 1 is 1.10 bits per heavy atom. The van der Waals surface area contributed by atoms with Gasteiger partial charge in [0.1, 0.15) is 5.75 Å². The van der Waals surface area contributed by atoms with Crippen molar-refractivity contribution in [1.29, 1.82) is 0 Å². The van der Waals surface area contributed by atoms with E-state index in [0.717, 1.165) is 17.7 Å². The van der Waals surface area contributed by atoms with E-state index in [1.165, 1.54) is 11.1 Å². The number of ether oxygens (including phenoxy) is 1. The van der Waals surface area contributed by atoms with Gasteiger partial charge in [-0.05, 0) is 44.9 Å². The Labute approximate surface area is 126 Å². The Hall–Kier alpha value is -2.09. The molecule has 110 valence electrons. The van der Waals surface area contributed by atoms with Gasteiger partial charge in [0, 0.05) is 12.0 Å². The second kappa shape index (κ2) is 7.07. The summed E-state index contributed by atoms with van der Waals surface area (Å²) < 4.78 is 5.63. The number of carbonyl (C=O) groups excluding carboxylic acids is 1. The van der Waals surface area contributed by atoms with Crippen molar-refractivity contribution in [2.75, 3.05) is 0 Å². The van der Waals surface area contributed by atoms with Gasteiger partial charge >= 0.3 is 0 Å². The zero-order valence-electron chi connectivity index (χ0n) is 12.9. The van der Waals surface area contributed by atoms with Crippen LogP contribution in [-0.2, 0) is 6.42 Å². The van der Waals surface area contributed by atoms with Crippen LogP contribution in [0.2, 0.25) is 0 Å². The first-order valence-electron chi connectivity index (χ1n) is 7.40. The molecule has 0 aliphatic carbocycles. The fourth-order valence-corrected chi connectivity index (χ4v) is 2.17. The number of benzene rings is 2.